The van der Waals surface area contributed by atoms with Crippen molar-refractivity contribution < 1.29 is 14.0 Å². The quantitative estimate of drug-likeness (QED) is 0.837. The molecule has 1 aromatic heterocycles. The molecule has 0 bridgehead atoms. The number of rotatable bonds is 4. The van der Waals surface area contributed by atoms with Crippen LogP contribution in [0.3, 0.4) is 0 Å². The van der Waals surface area contributed by atoms with Gasteiger partial charge in [0.05, 0.1) is 11.8 Å². The van der Waals surface area contributed by atoms with Gasteiger partial charge >= 0.3 is 0 Å². The Labute approximate surface area is 149 Å². The summed E-state index contributed by atoms with van der Waals surface area (Å²) in [6, 6.07) is 1.75. The van der Waals surface area contributed by atoms with Gasteiger partial charge in [0, 0.05) is 38.1 Å². The van der Waals surface area contributed by atoms with Gasteiger partial charge in [0.15, 0.2) is 0 Å². The average molecular weight is 347 g/mol. The van der Waals surface area contributed by atoms with E-state index in [0.29, 0.717) is 24.3 Å². The Bertz CT molecular complexity index is 640. The van der Waals surface area contributed by atoms with E-state index in [-0.39, 0.29) is 17.4 Å². The first-order valence-corrected chi connectivity index (χ1v) is 9.21. The molecule has 0 radical (unpaired) electrons. The van der Waals surface area contributed by atoms with Gasteiger partial charge in [-0.25, -0.2) is 0 Å². The van der Waals surface area contributed by atoms with Gasteiger partial charge in [0.2, 0.25) is 5.91 Å². The molecule has 2 saturated heterocycles. The van der Waals surface area contributed by atoms with Crippen LogP contribution in [-0.4, -0.2) is 72.3 Å². The lowest BCUT2D eigenvalue weighted by molar-refractivity contribution is -0.131. The van der Waals surface area contributed by atoms with E-state index in [9.17, 15) is 9.59 Å². The summed E-state index contributed by atoms with van der Waals surface area (Å²) < 4.78 is 5.28. The molecule has 0 aliphatic carbocycles. The summed E-state index contributed by atoms with van der Waals surface area (Å²) in [5.41, 5.74) is 0.594. The van der Waals surface area contributed by atoms with E-state index in [1.165, 1.54) is 0 Å². The fraction of sp³-hybridized carbons (Fsp3) is 0.684. The maximum atomic E-state index is 12.8. The third kappa shape index (κ3) is 3.59. The van der Waals surface area contributed by atoms with Crippen LogP contribution in [0.5, 0.6) is 0 Å². The molecule has 2 amide bonds. The molecule has 1 spiro atoms. The van der Waals surface area contributed by atoms with Gasteiger partial charge in [-0.3, -0.25) is 9.59 Å². The van der Waals surface area contributed by atoms with E-state index in [2.05, 4.69) is 9.80 Å². The lowest BCUT2D eigenvalue weighted by Gasteiger charge is -2.38. The summed E-state index contributed by atoms with van der Waals surface area (Å²) in [5.74, 6) is 0.993. The number of likely N-dealkylation sites (N-methyl/N-ethyl adjacent to an activating group) is 1. The molecule has 6 heteroatoms. The van der Waals surface area contributed by atoms with Crippen molar-refractivity contribution in [2.24, 2.45) is 0 Å². The molecule has 25 heavy (non-hydrogen) atoms. The van der Waals surface area contributed by atoms with Crippen LogP contribution >= 0.6 is 0 Å². The number of carbonyl (C=O) groups excluding carboxylic acids is 2. The van der Waals surface area contributed by atoms with Crippen LogP contribution in [0.25, 0.3) is 0 Å². The molecule has 0 aromatic carbocycles. The van der Waals surface area contributed by atoms with Gasteiger partial charge in [0.25, 0.3) is 5.91 Å². The molecule has 2 aliphatic heterocycles. The Morgan fingerprint density at radius 2 is 2.08 bits per heavy atom. The highest BCUT2D eigenvalue weighted by Gasteiger charge is 2.45. The van der Waals surface area contributed by atoms with Gasteiger partial charge < -0.3 is 19.1 Å². The minimum absolute atomic E-state index is 0.0486. The molecule has 2 aliphatic rings. The number of hydrogen-bond donors (Lipinski definition) is 0. The predicted octanol–water partition coefficient (Wildman–Crippen LogP) is 2.14. The summed E-state index contributed by atoms with van der Waals surface area (Å²) in [4.78, 5) is 31.4. The average Bonchev–Trinajstić information content (AvgIpc) is 3.04. The van der Waals surface area contributed by atoms with Crippen LogP contribution in [0.1, 0.15) is 48.2 Å². The Morgan fingerprint density at radius 3 is 2.76 bits per heavy atom. The maximum absolute atomic E-state index is 12.8. The van der Waals surface area contributed by atoms with Crippen LogP contribution < -0.4 is 0 Å². The van der Waals surface area contributed by atoms with Crippen LogP contribution in [0.4, 0.5) is 0 Å². The minimum atomic E-state index is -0.0619. The summed E-state index contributed by atoms with van der Waals surface area (Å²) in [6.07, 6.45) is 5.93. The van der Waals surface area contributed by atoms with Crippen molar-refractivity contribution in [2.75, 3.05) is 40.3 Å². The number of carbonyl (C=O) groups is 2. The molecule has 1 aromatic rings. The van der Waals surface area contributed by atoms with E-state index < -0.39 is 0 Å². The molecular formula is C19H29N3O3. The monoisotopic (exact) mass is 347 g/mol. The summed E-state index contributed by atoms with van der Waals surface area (Å²) in [7, 11) is 4.07. The Kier molecular flexibility index (Phi) is 5.18. The third-order valence-electron chi connectivity index (χ3n) is 5.74. The fourth-order valence-electron chi connectivity index (χ4n) is 4.21. The third-order valence-corrected chi connectivity index (χ3v) is 5.74. The SMILES string of the molecule is Cc1occc1C(=O)N1CCC[C@]2(CCC(=O)N2CCN(C)C)CC1. The van der Waals surface area contributed by atoms with Crippen molar-refractivity contribution in [2.45, 2.75) is 44.6 Å². The Balaban J connectivity index is 1.70. The Hall–Kier alpha value is -1.82. The first-order chi connectivity index (χ1) is 11.9. The minimum Gasteiger partial charge on any atom is -0.469 e. The highest BCUT2D eigenvalue weighted by molar-refractivity contribution is 5.95. The van der Waals surface area contributed by atoms with Crippen LogP contribution in [0.15, 0.2) is 16.7 Å². The second-order valence-corrected chi connectivity index (χ2v) is 7.61. The van der Waals surface area contributed by atoms with Crippen molar-refractivity contribution in [1.29, 1.82) is 0 Å². The lowest BCUT2D eigenvalue weighted by Crippen LogP contribution is -2.49. The van der Waals surface area contributed by atoms with Gasteiger partial charge in [-0.05, 0) is 52.8 Å². The highest BCUT2D eigenvalue weighted by atomic mass is 16.3. The second kappa shape index (κ2) is 7.20. The lowest BCUT2D eigenvalue weighted by atomic mass is 9.87. The molecule has 0 unspecified atom stereocenters. The number of likely N-dealkylation sites (tertiary alicyclic amines) is 2. The first-order valence-electron chi connectivity index (χ1n) is 9.21. The molecule has 3 rings (SSSR count). The Morgan fingerprint density at radius 1 is 1.28 bits per heavy atom. The number of aryl methyl sites for hydroxylation is 1. The molecule has 2 fully saturated rings. The molecule has 1 atom stereocenters. The van der Waals surface area contributed by atoms with E-state index in [1.807, 2.05) is 25.9 Å². The van der Waals surface area contributed by atoms with E-state index in [1.54, 1.807) is 12.3 Å². The second-order valence-electron chi connectivity index (χ2n) is 7.61. The largest absolute Gasteiger partial charge is 0.469 e. The molecule has 0 saturated carbocycles. The normalized spacial score (nSPS) is 24.4. The van der Waals surface area contributed by atoms with Crippen LogP contribution in [0.2, 0.25) is 0 Å². The summed E-state index contributed by atoms with van der Waals surface area (Å²) in [6.45, 7) is 4.94. The molecule has 6 nitrogen and oxygen atoms in total. The number of hydrogen-bond acceptors (Lipinski definition) is 4. The van der Waals surface area contributed by atoms with Gasteiger partial charge in [-0.15, -0.1) is 0 Å². The maximum Gasteiger partial charge on any atom is 0.257 e. The van der Waals surface area contributed by atoms with Gasteiger partial charge in [-0.1, -0.05) is 0 Å². The van der Waals surface area contributed by atoms with Crippen molar-refractivity contribution in [3.05, 3.63) is 23.7 Å². The molecule has 0 N–H and O–H groups in total. The zero-order chi connectivity index (χ0) is 18.0. The summed E-state index contributed by atoms with van der Waals surface area (Å²) >= 11 is 0. The van der Waals surface area contributed by atoms with E-state index >= 15 is 0 Å². The predicted molar refractivity (Wildman–Crippen MR) is 95.4 cm³/mol. The van der Waals surface area contributed by atoms with Gasteiger partial charge in [-0.2, -0.15) is 0 Å². The zero-order valence-corrected chi connectivity index (χ0v) is 15.6. The van der Waals surface area contributed by atoms with Crippen molar-refractivity contribution in [3.8, 4) is 0 Å². The number of amides is 2. The van der Waals surface area contributed by atoms with E-state index in [0.717, 1.165) is 45.3 Å². The highest BCUT2D eigenvalue weighted by Crippen LogP contribution is 2.39. The molecule has 138 valence electrons. The smallest absolute Gasteiger partial charge is 0.257 e. The van der Waals surface area contributed by atoms with E-state index in [4.69, 9.17) is 4.42 Å². The van der Waals surface area contributed by atoms with Crippen LogP contribution in [-0.2, 0) is 4.79 Å². The zero-order valence-electron chi connectivity index (χ0n) is 15.6. The molecule has 3 heterocycles. The molecular weight excluding hydrogens is 318 g/mol. The standard InChI is InChI=1S/C19H29N3O3/c1-15-16(6-14-25-15)18(24)21-10-4-7-19(9-11-21)8-5-17(23)22(19)13-12-20(2)3/h6,14H,4-5,7-13H2,1-3H3/t19-/m0/s1. The van der Waals surface area contributed by atoms with Crippen molar-refractivity contribution in [3.63, 3.8) is 0 Å². The number of furan rings is 1. The fourth-order valence-corrected chi connectivity index (χ4v) is 4.21. The number of nitrogens with zero attached hydrogens (tertiary/aromatic N) is 3. The first kappa shape index (κ1) is 18.0. The van der Waals surface area contributed by atoms with Crippen LogP contribution in [0, 0.1) is 6.92 Å². The summed E-state index contributed by atoms with van der Waals surface area (Å²) in [5, 5.41) is 0. The topological polar surface area (TPSA) is 57.0 Å². The van der Waals surface area contributed by atoms with Crippen molar-refractivity contribution in [1.82, 2.24) is 14.7 Å². The van der Waals surface area contributed by atoms with Gasteiger partial charge in [0.1, 0.15) is 5.76 Å². The van der Waals surface area contributed by atoms with Crippen molar-refractivity contribution >= 4 is 11.8 Å².